The van der Waals surface area contributed by atoms with E-state index in [9.17, 15) is 9.59 Å². The van der Waals surface area contributed by atoms with Crippen LogP contribution in [-0.2, 0) is 11.3 Å². The molecule has 0 saturated heterocycles. The molecule has 21 heavy (non-hydrogen) atoms. The van der Waals surface area contributed by atoms with E-state index in [1.165, 1.54) is 7.11 Å². The van der Waals surface area contributed by atoms with Crippen molar-refractivity contribution >= 4 is 17.7 Å². The lowest BCUT2D eigenvalue weighted by Gasteiger charge is -2.07. The fourth-order valence-electron chi connectivity index (χ4n) is 1.95. The van der Waals surface area contributed by atoms with Crippen molar-refractivity contribution in [1.82, 2.24) is 9.78 Å². The highest BCUT2D eigenvalue weighted by Crippen LogP contribution is 2.13. The van der Waals surface area contributed by atoms with Crippen LogP contribution in [0.1, 0.15) is 33.3 Å². The Bertz CT molecular complexity index is 659. The van der Waals surface area contributed by atoms with Crippen molar-refractivity contribution in [2.75, 3.05) is 12.4 Å². The zero-order valence-electron chi connectivity index (χ0n) is 12.2. The molecule has 0 fully saturated rings. The second kappa shape index (κ2) is 6.21. The molecule has 0 aliphatic rings. The van der Waals surface area contributed by atoms with Crippen LogP contribution in [0, 0.1) is 6.92 Å². The van der Waals surface area contributed by atoms with Gasteiger partial charge >= 0.3 is 5.97 Å². The maximum atomic E-state index is 12.2. The van der Waals surface area contributed by atoms with Gasteiger partial charge in [0, 0.05) is 18.2 Å². The summed E-state index contributed by atoms with van der Waals surface area (Å²) < 4.78 is 6.33. The largest absolute Gasteiger partial charge is 0.465 e. The van der Waals surface area contributed by atoms with E-state index in [-0.39, 0.29) is 5.91 Å². The smallest absolute Gasteiger partial charge is 0.337 e. The van der Waals surface area contributed by atoms with Crippen LogP contribution >= 0.6 is 0 Å². The molecule has 0 aliphatic heterocycles. The summed E-state index contributed by atoms with van der Waals surface area (Å²) in [5.41, 5.74) is 1.71. The zero-order chi connectivity index (χ0) is 15.4. The van der Waals surface area contributed by atoms with Crippen LogP contribution in [0.2, 0.25) is 0 Å². The van der Waals surface area contributed by atoms with Crippen molar-refractivity contribution < 1.29 is 14.3 Å². The molecular weight excluding hydrogens is 270 g/mol. The number of aromatic nitrogens is 2. The summed E-state index contributed by atoms with van der Waals surface area (Å²) in [5.74, 6) is -0.0281. The minimum atomic E-state index is -0.429. The lowest BCUT2D eigenvalue weighted by Crippen LogP contribution is -2.15. The molecule has 1 aromatic carbocycles. The first-order valence-corrected chi connectivity index (χ1v) is 6.59. The molecule has 6 heteroatoms. The number of aryl methyl sites for hydroxylation is 2. The van der Waals surface area contributed by atoms with Gasteiger partial charge < -0.3 is 10.1 Å². The molecule has 2 aromatic rings. The first-order chi connectivity index (χ1) is 10.0. The summed E-state index contributed by atoms with van der Waals surface area (Å²) in [6.07, 6.45) is 0. The number of esters is 1. The van der Waals surface area contributed by atoms with Crippen LogP contribution in [0.3, 0.4) is 0 Å². The van der Waals surface area contributed by atoms with Gasteiger partial charge in [-0.25, -0.2) is 9.48 Å². The van der Waals surface area contributed by atoms with E-state index >= 15 is 0 Å². The van der Waals surface area contributed by atoms with E-state index in [1.807, 2.05) is 19.9 Å². The fourth-order valence-corrected chi connectivity index (χ4v) is 1.95. The van der Waals surface area contributed by atoms with Crippen LogP contribution < -0.4 is 5.32 Å². The highest BCUT2D eigenvalue weighted by atomic mass is 16.5. The van der Waals surface area contributed by atoms with Crippen LogP contribution in [-0.4, -0.2) is 28.8 Å². The third-order valence-corrected chi connectivity index (χ3v) is 3.01. The van der Waals surface area contributed by atoms with E-state index in [1.54, 1.807) is 28.9 Å². The maximum absolute atomic E-state index is 12.2. The van der Waals surface area contributed by atoms with Gasteiger partial charge in [0.15, 0.2) is 0 Å². The fraction of sp³-hybridized carbons (Fsp3) is 0.267. The lowest BCUT2D eigenvalue weighted by molar-refractivity contribution is 0.0600. The van der Waals surface area contributed by atoms with Crippen LogP contribution in [0.15, 0.2) is 30.3 Å². The van der Waals surface area contributed by atoms with Crippen LogP contribution in [0.4, 0.5) is 5.82 Å². The number of nitrogens with one attached hydrogen (secondary N) is 1. The second-order valence-corrected chi connectivity index (χ2v) is 4.51. The molecule has 2 rings (SSSR count). The number of rotatable bonds is 4. The third kappa shape index (κ3) is 3.28. The van der Waals surface area contributed by atoms with Gasteiger partial charge in [0.1, 0.15) is 5.82 Å². The Hall–Kier alpha value is -2.63. The molecular formula is C15H17N3O3. The molecule has 1 aromatic heterocycles. The van der Waals surface area contributed by atoms with Crippen molar-refractivity contribution in [1.29, 1.82) is 0 Å². The number of hydrogen-bond acceptors (Lipinski definition) is 4. The summed E-state index contributed by atoms with van der Waals surface area (Å²) in [6.45, 7) is 4.49. The zero-order valence-corrected chi connectivity index (χ0v) is 12.2. The van der Waals surface area contributed by atoms with E-state index in [0.717, 1.165) is 5.69 Å². The number of hydrogen-bond donors (Lipinski definition) is 1. The van der Waals surface area contributed by atoms with Crippen molar-refractivity contribution in [3.8, 4) is 0 Å². The Morgan fingerprint density at radius 2 is 1.86 bits per heavy atom. The lowest BCUT2D eigenvalue weighted by atomic mass is 10.1. The van der Waals surface area contributed by atoms with E-state index in [0.29, 0.717) is 23.5 Å². The molecule has 110 valence electrons. The highest BCUT2D eigenvalue weighted by molar-refractivity contribution is 6.04. The normalized spacial score (nSPS) is 10.2. The predicted octanol–water partition coefficient (Wildman–Crippen LogP) is 2.25. The Morgan fingerprint density at radius 3 is 2.43 bits per heavy atom. The number of nitrogens with zero attached hydrogens (tertiary/aromatic N) is 2. The number of ether oxygens (including phenoxy) is 1. The van der Waals surface area contributed by atoms with Gasteiger partial charge in [-0.2, -0.15) is 5.10 Å². The van der Waals surface area contributed by atoms with Crippen LogP contribution in [0.25, 0.3) is 0 Å². The first-order valence-electron chi connectivity index (χ1n) is 6.59. The van der Waals surface area contributed by atoms with Gasteiger partial charge in [-0.1, -0.05) is 0 Å². The minimum Gasteiger partial charge on any atom is -0.465 e. The van der Waals surface area contributed by atoms with E-state index in [4.69, 9.17) is 0 Å². The first kappa shape index (κ1) is 14.8. The van der Waals surface area contributed by atoms with Crippen molar-refractivity contribution in [3.05, 3.63) is 47.2 Å². The molecule has 0 bridgehead atoms. The summed E-state index contributed by atoms with van der Waals surface area (Å²) in [4.78, 5) is 23.5. The third-order valence-electron chi connectivity index (χ3n) is 3.01. The SMILES string of the molecule is CCn1nc(C)cc1NC(=O)c1ccc(C(=O)OC)cc1. The number of methoxy groups -OCH3 is 1. The Balaban J connectivity index is 2.15. The van der Waals surface area contributed by atoms with Gasteiger partial charge in [-0.05, 0) is 38.1 Å². The molecule has 6 nitrogen and oxygen atoms in total. The molecule has 0 saturated carbocycles. The quantitative estimate of drug-likeness (QED) is 0.875. The average molecular weight is 287 g/mol. The van der Waals surface area contributed by atoms with Crippen molar-refractivity contribution in [2.24, 2.45) is 0 Å². The molecule has 1 heterocycles. The van der Waals surface area contributed by atoms with E-state index in [2.05, 4.69) is 15.2 Å². The summed E-state index contributed by atoms with van der Waals surface area (Å²) >= 11 is 0. The van der Waals surface area contributed by atoms with Crippen molar-refractivity contribution in [2.45, 2.75) is 20.4 Å². The highest BCUT2D eigenvalue weighted by Gasteiger charge is 2.11. The minimum absolute atomic E-state index is 0.249. The number of carbonyl (C=O) groups excluding carboxylic acids is 2. The number of anilines is 1. The van der Waals surface area contributed by atoms with Crippen molar-refractivity contribution in [3.63, 3.8) is 0 Å². The molecule has 0 aliphatic carbocycles. The number of carbonyl (C=O) groups is 2. The second-order valence-electron chi connectivity index (χ2n) is 4.51. The summed E-state index contributed by atoms with van der Waals surface area (Å²) in [5, 5.41) is 7.07. The molecule has 0 spiro atoms. The Kier molecular flexibility index (Phi) is 4.37. The van der Waals surface area contributed by atoms with E-state index < -0.39 is 5.97 Å². The summed E-state index contributed by atoms with van der Waals surface area (Å²) in [6, 6.07) is 8.10. The number of amides is 1. The Morgan fingerprint density at radius 1 is 1.24 bits per heavy atom. The standard InChI is InChI=1S/C15H17N3O3/c1-4-18-13(9-10(2)17-18)16-14(19)11-5-7-12(8-6-11)15(20)21-3/h5-9H,4H2,1-3H3,(H,16,19). The van der Waals surface area contributed by atoms with Gasteiger partial charge in [-0.15, -0.1) is 0 Å². The topological polar surface area (TPSA) is 73.2 Å². The van der Waals surface area contributed by atoms with Crippen LogP contribution in [0.5, 0.6) is 0 Å². The van der Waals surface area contributed by atoms with Gasteiger partial charge in [0.2, 0.25) is 0 Å². The van der Waals surface area contributed by atoms with Gasteiger partial charge in [-0.3, -0.25) is 4.79 Å². The molecule has 1 N–H and O–H groups in total. The van der Waals surface area contributed by atoms with Gasteiger partial charge in [0.05, 0.1) is 18.4 Å². The molecule has 0 unspecified atom stereocenters. The number of benzene rings is 1. The molecule has 1 amide bonds. The average Bonchev–Trinajstić information content (AvgIpc) is 2.86. The maximum Gasteiger partial charge on any atom is 0.337 e. The summed E-state index contributed by atoms with van der Waals surface area (Å²) in [7, 11) is 1.32. The monoisotopic (exact) mass is 287 g/mol. The Labute approximate surface area is 122 Å². The van der Waals surface area contributed by atoms with Gasteiger partial charge in [0.25, 0.3) is 5.91 Å². The predicted molar refractivity (Wildman–Crippen MR) is 78.4 cm³/mol. The molecule has 0 atom stereocenters. The molecule has 0 radical (unpaired) electrons.